The molecule has 1 aromatic carbocycles. The minimum absolute atomic E-state index is 0.0680. The summed E-state index contributed by atoms with van der Waals surface area (Å²) >= 11 is 1.71. The van der Waals surface area contributed by atoms with E-state index in [1.165, 1.54) is 16.0 Å². The number of fused-ring (bicyclic) bond motifs is 1. The van der Waals surface area contributed by atoms with Crippen LogP contribution in [0.5, 0.6) is 0 Å². The van der Waals surface area contributed by atoms with E-state index in [4.69, 9.17) is 4.42 Å². The molecule has 0 atom stereocenters. The number of aryl methyl sites for hydroxylation is 1. The first-order valence-corrected chi connectivity index (χ1v) is 9.52. The number of amides is 1. The van der Waals surface area contributed by atoms with Crippen LogP contribution in [0.1, 0.15) is 26.5 Å². The summed E-state index contributed by atoms with van der Waals surface area (Å²) in [5, 5.41) is 5.09. The molecule has 0 aliphatic rings. The van der Waals surface area contributed by atoms with E-state index >= 15 is 0 Å². The fourth-order valence-corrected chi connectivity index (χ4v) is 3.85. The number of thiophene rings is 1. The molecule has 4 aromatic rings. The number of furan rings is 1. The van der Waals surface area contributed by atoms with Gasteiger partial charge in [-0.05, 0) is 35.9 Å². The molecule has 132 valence electrons. The number of carbonyl (C=O) groups is 1. The second kappa shape index (κ2) is 7.22. The van der Waals surface area contributed by atoms with Crippen LogP contribution in [0, 0.1) is 6.92 Å². The Morgan fingerprint density at radius 1 is 1.19 bits per heavy atom. The minimum atomic E-state index is -0.0680. The largest absolute Gasteiger partial charge is 0.463 e. The topological polar surface area (TPSA) is 47.2 Å². The van der Waals surface area contributed by atoms with Crippen LogP contribution < -0.4 is 5.32 Å². The maximum Gasteiger partial charge on any atom is 0.268 e. The standard InChI is InChI=1S/C21H20N2O2S/c1-15-5-2-3-6-16(15)14-23-18-9-11-25-20(18)13-19(23)21(24)22-10-8-17-7-4-12-26-17/h2-7,9,11-13H,8,10,14H2,1H3,(H,22,24). The number of rotatable bonds is 6. The molecule has 3 heterocycles. The predicted octanol–water partition coefficient (Wildman–Crippen LogP) is 4.63. The molecule has 0 bridgehead atoms. The highest BCUT2D eigenvalue weighted by molar-refractivity contribution is 7.09. The molecule has 0 saturated heterocycles. The number of nitrogens with one attached hydrogen (secondary N) is 1. The van der Waals surface area contributed by atoms with Crippen LogP contribution in [0.4, 0.5) is 0 Å². The third-order valence-corrected chi connectivity index (χ3v) is 5.52. The number of benzene rings is 1. The van der Waals surface area contributed by atoms with Crippen LogP contribution in [0.25, 0.3) is 11.1 Å². The van der Waals surface area contributed by atoms with Crippen molar-refractivity contribution in [2.45, 2.75) is 19.9 Å². The molecule has 0 saturated carbocycles. The van der Waals surface area contributed by atoms with Crippen molar-refractivity contribution in [3.8, 4) is 0 Å². The maximum atomic E-state index is 12.8. The van der Waals surface area contributed by atoms with Gasteiger partial charge in [0.1, 0.15) is 5.69 Å². The van der Waals surface area contributed by atoms with Gasteiger partial charge in [0.25, 0.3) is 5.91 Å². The summed E-state index contributed by atoms with van der Waals surface area (Å²) in [6.07, 6.45) is 2.51. The van der Waals surface area contributed by atoms with Gasteiger partial charge in [-0.25, -0.2) is 0 Å². The van der Waals surface area contributed by atoms with Crippen LogP contribution in [-0.4, -0.2) is 17.0 Å². The number of hydrogen-bond donors (Lipinski definition) is 1. The van der Waals surface area contributed by atoms with Crippen molar-refractivity contribution in [1.29, 1.82) is 0 Å². The lowest BCUT2D eigenvalue weighted by molar-refractivity contribution is 0.0945. The zero-order valence-corrected chi connectivity index (χ0v) is 15.4. The Hall–Kier alpha value is -2.79. The molecule has 0 unspecified atom stereocenters. The van der Waals surface area contributed by atoms with E-state index in [9.17, 15) is 4.79 Å². The highest BCUT2D eigenvalue weighted by Gasteiger charge is 2.18. The zero-order valence-electron chi connectivity index (χ0n) is 14.6. The van der Waals surface area contributed by atoms with Crippen LogP contribution in [0.15, 0.2) is 64.6 Å². The Labute approximate surface area is 156 Å². The van der Waals surface area contributed by atoms with E-state index in [-0.39, 0.29) is 5.91 Å². The maximum absolute atomic E-state index is 12.8. The van der Waals surface area contributed by atoms with Gasteiger partial charge in [0.15, 0.2) is 5.58 Å². The van der Waals surface area contributed by atoms with Crippen LogP contribution >= 0.6 is 11.3 Å². The SMILES string of the molecule is Cc1ccccc1Cn1c(C(=O)NCCc2cccs2)cc2occc21. The Morgan fingerprint density at radius 3 is 2.88 bits per heavy atom. The number of hydrogen-bond acceptors (Lipinski definition) is 3. The summed E-state index contributed by atoms with van der Waals surface area (Å²) < 4.78 is 7.55. The van der Waals surface area contributed by atoms with E-state index in [1.807, 2.05) is 34.9 Å². The molecular weight excluding hydrogens is 344 g/mol. The lowest BCUT2D eigenvalue weighted by Crippen LogP contribution is -2.28. The van der Waals surface area contributed by atoms with E-state index in [1.54, 1.807) is 17.6 Å². The van der Waals surface area contributed by atoms with Gasteiger partial charge >= 0.3 is 0 Å². The smallest absolute Gasteiger partial charge is 0.268 e. The van der Waals surface area contributed by atoms with E-state index in [0.717, 1.165) is 17.5 Å². The fraction of sp³-hybridized carbons (Fsp3) is 0.190. The molecular formula is C21H20N2O2S. The summed E-state index contributed by atoms with van der Waals surface area (Å²) in [6, 6.07) is 16.1. The molecule has 0 aliphatic carbocycles. The fourth-order valence-electron chi connectivity index (χ4n) is 3.14. The third kappa shape index (κ3) is 3.30. The van der Waals surface area contributed by atoms with Gasteiger partial charge in [0, 0.05) is 30.1 Å². The lowest BCUT2D eigenvalue weighted by Gasteiger charge is -2.12. The first kappa shape index (κ1) is 16.7. The average molecular weight is 364 g/mol. The molecule has 0 fully saturated rings. The first-order chi connectivity index (χ1) is 12.7. The third-order valence-electron chi connectivity index (χ3n) is 4.58. The van der Waals surface area contributed by atoms with Crippen LogP contribution in [0.3, 0.4) is 0 Å². The molecule has 5 heteroatoms. The number of carbonyl (C=O) groups excluding carboxylic acids is 1. The van der Waals surface area contributed by atoms with Gasteiger partial charge in [-0.3, -0.25) is 4.79 Å². The highest BCUT2D eigenvalue weighted by Crippen LogP contribution is 2.23. The zero-order chi connectivity index (χ0) is 17.9. The van der Waals surface area contributed by atoms with Crippen molar-refractivity contribution in [1.82, 2.24) is 9.88 Å². The quantitative estimate of drug-likeness (QED) is 0.542. The van der Waals surface area contributed by atoms with Crippen LogP contribution in [-0.2, 0) is 13.0 Å². The van der Waals surface area contributed by atoms with E-state index in [2.05, 4.69) is 35.8 Å². The van der Waals surface area contributed by atoms with Gasteiger partial charge in [-0.15, -0.1) is 11.3 Å². The van der Waals surface area contributed by atoms with Crippen molar-refractivity contribution < 1.29 is 9.21 Å². The van der Waals surface area contributed by atoms with Gasteiger partial charge in [-0.1, -0.05) is 30.3 Å². The summed E-state index contributed by atoms with van der Waals surface area (Å²) in [7, 11) is 0. The average Bonchev–Trinajstić information content (AvgIpc) is 3.35. The second-order valence-corrected chi connectivity index (χ2v) is 7.33. The van der Waals surface area contributed by atoms with Crippen molar-refractivity contribution in [2.75, 3.05) is 6.54 Å². The number of aromatic nitrogens is 1. The molecule has 3 aromatic heterocycles. The molecule has 1 amide bonds. The summed E-state index contributed by atoms with van der Waals surface area (Å²) in [5.41, 5.74) is 4.72. The van der Waals surface area contributed by atoms with Gasteiger partial charge in [0.05, 0.1) is 11.8 Å². The van der Waals surface area contributed by atoms with Gasteiger partial charge in [-0.2, -0.15) is 0 Å². The van der Waals surface area contributed by atoms with E-state index < -0.39 is 0 Å². The van der Waals surface area contributed by atoms with Crippen molar-refractivity contribution >= 4 is 28.3 Å². The molecule has 0 aliphatic heterocycles. The molecule has 4 nitrogen and oxygen atoms in total. The first-order valence-electron chi connectivity index (χ1n) is 8.64. The molecule has 4 rings (SSSR count). The lowest BCUT2D eigenvalue weighted by atomic mass is 10.1. The Balaban J connectivity index is 1.57. The monoisotopic (exact) mass is 364 g/mol. The van der Waals surface area contributed by atoms with Crippen molar-refractivity contribution in [3.63, 3.8) is 0 Å². The summed E-state index contributed by atoms with van der Waals surface area (Å²) in [5.74, 6) is -0.0680. The Kier molecular flexibility index (Phi) is 4.63. The molecule has 0 radical (unpaired) electrons. The summed E-state index contributed by atoms with van der Waals surface area (Å²) in [4.78, 5) is 14.0. The van der Waals surface area contributed by atoms with Crippen LogP contribution in [0.2, 0.25) is 0 Å². The minimum Gasteiger partial charge on any atom is -0.463 e. The normalized spacial score (nSPS) is 11.1. The predicted molar refractivity (Wildman–Crippen MR) is 105 cm³/mol. The molecule has 26 heavy (non-hydrogen) atoms. The van der Waals surface area contributed by atoms with Gasteiger partial charge in [0.2, 0.25) is 0 Å². The molecule has 0 spiro atoms. The Morgan fingerprint density at radius 2 is 2.08 bits per heavy atom. The molecule has 1 N–H and O–H groups in total. The number of nitrogens with zero attached hydrogens (tertiary/aromatic N) is 1. The van der Waals surface area contributed by atoms with E-state index in [0.29, 0.717) is 18.8 Å². The highest BCUT2D eigenvalue weighted by atomic mass is 32.1. The second-order valence-electron chi connectivity index (χ2n) is 6.30. The van der Waals surface area contributed by atoms with Crippen molar-refractivity contribution in [3.05, 3.63) is 81.9 Å². The van der Waals surface area contributed by atoms with Crippen molar-refractivity contribution in [2.24, 2.45) is 0 Å². The van der Waals surface area contributed by atoms with Gasteiger partial charge < -0.3 is 14.3 Å². The summed E-state index contributed by atoms with van der Waals surface area (Å²) in [6.45, 7) is 3.35. The Bertz CT molecular complexity index is 1030.